The normalized spacial score (nSPS) is 22.2. The van der Waals surface area contributed by atoms with Crippen LogP contribution in [0, 0.1) is 11.3 Å². The Balaban J connectivity index is 1.60. The number of thiazole rings is 1. The molecule has 2 aliphatic rings. The number of esters is 2. The molecule has 9 nitrogen and oxygen atoms in total. The molecular weight excluding hydrogens is 410 g/mol. The number of fused-ring (bicyclic) bond motifs is 2. The molecule has 4 rings (SSSR count). The Morgan fingerprint density at radius 1 is 1.37 bits per heavy atom. The summed E-state index contributed by atoms with van der Waals surface area (Å²) in [7, 11) is 0. The lowest BCUT2D eigenvalue weighted by Crippen LogP contribution is -2.61. The van der Waals surface area contributed by atoms with Crippen molar-refractivity contribution in [2.45, 2.75) is 46.3 Å². The maximum Gasteiger partial charge on any atom is 0.358 e. The van der Waals surface area contributed by atoms with Gasteiger partial charge in [-0.1, -0.05) is 0 Å². The van der Waals surface area contributed by atoms with E-state index >= 15 is 0 Å². The van der Waals surface area contributed by atoms with Crippen molar-refractivity contribution in [2.24, 2.45) is 11.3 Å². The second kappa shape index (κ2) is 7.21. The molecule has 10 heteroatoms. The van der Waals surface area contributed by atoms with Crippen LogP contribution in [0.2, 0.25) is 0 Å². The van der Waals surface area contributed by atoms with Crippen LogP contribution in [0.5, 0.6) is 0 Å². The fourth-order valence-electron chi connectivity index (χ4n) is 3.77. The summed E-state index contributed by atoms with van der Waals surface area (Å²) in [4.78, 5) is 44.6. The van der Waals surface area contributed by atoms with Crippen LogP contribution in [0.4, 0.5) is 0 Å². The number of amides is 1. The van der Waals surface area contributed by atoms with Gasteiger partial charge in [0.2, 0.25) is 12.7 Å². The van der Waals surface area contributed by atoms with Crippen LogP contribution >= 0.6 is 11.3 Å². The van der Waals surface area contributed by atoms with E-state index in [2.05, 4.69) is 4.98 Å². The summed E-state index contributed by atoms with van der Waals surface area (Å²) in [6.07, 6.45) is 4.85. The minimum Gasteiger partial charge on any atom is -0.427 e. The minimum absolute atomic E-state index is 0.145. The first-order valence-corrected chi connectivity index (χ1v) is 10.4. The van der Waals surface area contributed by atoms with Crippen molar-refractivity contribution in [1.29, 1.82) is 0 Å². The SMILES string of the molecule is C[C@@H](O)[C@H]1C(=O)N2C(C(=O)OCOC(=O)C(C)(C)C)=C(c3cn4cncc4s3)C[C@H]12. The lowest BCUT2D eigenvalue weighted by Gasteiger charge is -2.44. The van der Waals surface area contributed by atoms with E-state index in [1.54, 1.807) is 40.2 Å². The molecule has 0 radical (unpaired) electrons. The standard InChI is InChI=1S/C20H23N3O6S/c1-10(24)15-12-5-11(13-7-22-8-21-6-14(22)30-13)16(23(12)17(15)25)18(26)28-9-29-19(27)20(2,3)4/h6-8,10,12,15,24H,5,9H2,1-4H3/t10-,12-,15-/m1/s1. The van der Waals surface area contributed by atoms with Crippen molar-refractivity contribution >= 4 is 39.6 Å². The van der Waals surface area contributed by atoms with Gasteiger partial charge in [0.15, 0.2) is 0 Å². The average Bonchev–Trinajstić information content (AvgIpc) is 3.31. The molecular formula is C20H23N3O6S. The number of hydrogen-bond donors (Lipinski definition) is 1. The summed E-state index contributed by atoms with van der Waals surface area (Å²) in [5.74, 6) is -2.10. The molecule has 4 heterocycles. The Hall–Kier alpha value is -2.72. The van der Waals surface area contributed by atoms with Crippen molar-refractivity contribution < 1.29 is 29.0 Å². The van der Waals surface area contributed by atoms with Crippen molar-refractivity contribution in [3.05, 3.63) is 29.3 Å². The average molecular weight is 433 g/mol. The zero-order valence-electron chi connectivity index (χ0n) is 17.1. The summed E-state index contributed by atoms with van der Waals surface area (Å²) < 4.78 is 12.0. The predicted octanol–water partition coefficient (Wildman–Crippen LogP) is 1.81. The number of carbonyl (C=O) groups is 3. The van der Waals surface area contributed by atoms with E-state index in [1.165, 1.54) is 16.2 Å². The van der Waals surface area contributed by atoms with E-state index in [9.17, 15) is 19.5 Å². The van der Waals surface area contributed by atoms with Crippen molar-refractivity contribution in [3.8, 4) is 0 Å². The quantitative estimate of drug-likeness (QED) is 0.435. The summed E-state index contributed by atoms with van der Waals surface area (Å²) in [6, 6.07) is -0.299. The number of aliphatic hydroxyl groups excluding tert-OH is 1. The lowest BCUT2D eigenvalue weighted by molar-refractivity contribution is -0.175. The molecule has 3 atom stereocenters. The highest BCUT2D eigenvalue weighted by Gasteiger charge is 2.57. The van der Waals surface area contributed by atoms with Crippen LogP contribution in [-0.2, 0) is 23.9 Å². The monoisotopic (exact) mass is 433 g/mol. The molecule has 1 saturated heterocycles. The summed E-state index contributed by atoms with van der Waals surface area (Å²) >= 11 is 1.45. The van der Waals surface area contributed by atoms with Crippen molar-refractivity contribution in [2.75, 3.05) is 6.79 Å². The summed E-state index contributed by atoms with van der Waals surface area (Å²) in [6.45, 7) is 6.13. The third-order valence-electron chi connectivity index (χ3n) is 5.31. The highest BCUT2D eigenvalue weighted by atomic mass is 32.1. The summed E-state index contributed by atoms with van der Waals surface area (Å²) in [5.41, 5.74) is 0.101. The minimum atomic E-state index is -0.814. The molecule has 0 aromatic carbocycles. The van der Waals surface area contributed by atoms with Crippen LogP contribution in [0.15, 0.2) is 24.4 Å². The first kappa shape index (κ1) is 20.5. The Labute approximate surface area is 176 Å². The number of aromatic nitrogens is 2. The zero-order valence-corrected chi connectivity index (χ0v) is 17.9. The first-order chi connectivity index (χ1) is 14.1. The van der Waals surface area contributed by atoms with Gasteiger partial charge < -0.3 is 19.5 Å². The van der Waals surface area contributed by atoms with Gasteiger partial charge in [0, 0.05) is 11.8 Å². The molecule has 0 aliphatic carbocycles. The molecule has 1 fully saturated rings. The third kappa shape index (κ3) is 3.29. The second-order valence-corrected chi connectivity index (χ2v) is 9.60. The molecule has 2 aromatic heterocycles. The largest absolute Gasteiger partial charge is 0.427 e. The third-order valence-corrected chi connectivity index (χ3v) is 6.41. The van der Waals surface area contributed by atoms with E-state index in [4.69, 9.17) is 9.47 Å². The number of β-lactam (4-membered cyclic amide) rings is 1. The summed E-state index contributed by atoms with van der Waals surface area (Å²) in [5, 5.41) is 9.98. The van der Waals surface area contributed by atoms with Crippen LogP contribution in [0.3, 0.4) is 0 Å². The van der Waals surface area contributed by atoms with E-state index in [0.717, 1.165) is 9.71 Å². The van der Waals surface area contributed by atoms with Gasteiger partial charge in [-0.15, -0.1) is 11.3 Å². The molecule has 2 aromatic rings. The molecule has 1 amide bonds. The number of hydrogen-bond acceptors (Lipinski definition) is 8. The number of rotatable bonds is 5. The topological polar surface area (TPSA) is 110 Å². The molecule has 30 heavy (non-hydrogen) atoms. The van der Waals surface area contributed by atoms with E-state index in [-0.39, 0.29) is 17.6 Å². The van der Waals surface area contributed by atoms with Gasteiger partial charge in [-0.2, -0.15) is 0 Å². The van der Waals surface area contributed by atoms with Crippen LogP contribution in [0.25, 0.3) is 10.4 Å². The Morgan fingerprint density at radius 3 is 2.73 bits per heavy atom. The predicted molar refractivity (Wildman–Crippen MR) is 107 cm³/mol. The number of aliphatic hydroxyl groups is 1. The Kier molecular flexibility index (Phi) is 4.94. The fourth-order valence-corrected chi connectivity index (χ4v) is 4.79. The number of ether oxygens (including phenoxy) is 2. The zero-order chi connectivity index (χ0) is 21.8. The van der Waals surface area contributed by atoms with E-state index in [1.807, 2.05) is 10.6 Å². The molecule has 0 bridgehead atoms. The van der Waals surface area contributed by atoms with Gasteiger partial charge in [0.25, 0.3) is 0 Å². The fraction of sp³-hybridized carbons (Fsp3) is 0.500. The Bertz CT molecular complexity index is 1030. The number of nitrogens with zero attached hydrogens (tertiary/aromatic N) is 3. The van der Waals surface area contributed by atoms with E-state index in [0.29, 0.717) is 12.0 Å². The number of imidazole rings is 1. The molecule has 0 saturated carbocycles. The molecule has 1 N–H and O–H groups in total. The Morgan fingerprint density at radius 2 is 2.10 bits per heavy atom. The molecule has 0 unspecified atom stereocenters. The molecule has 2 aliphatic heterocycles. The van der Waals surface area contributed by atoms with Gasteiger partial charge in [0.1, 0.15) is 10.5 Å². The van der Waals surface area contributed by atoms with Gasteiger partial charge >= 0.3 is 11.9 Å². The lowest BCUT2D eigenvalue weighted by atomic mass is 9.83. The van der Waals surface area contributed by atoms with Gasteiger partial charge in [-0.05, 0) is 34.1 Å². The maximum absolute atomic E-state index is 12.9. The second-order valence-electron chi connectivity index (χ2n) is 8.54. The smallest absolute Gasteiger partial charge is 0.358 e. The molecule has 0 spiro atoms. The highest BCUT2D eigenvalue weighted by molar-refractivity contribution is 7.18. The maximum atomic E-state index is 12.9. The van der Waals surface area contributed by atoms with Crippen LogP contribution in [-0.4, -0.2) is 56.2 Å². The number of carbonyl (C=O) groups excluding carboxylic acids is 3. The van der Waals surface area contributed by atoms with E-state index < -0.39 is 36.2 Å². The van der Waals surface area contributed by atoms with Crippen LogP contribution in [0.1, 0.15) is 39.0 Å². The van der Waals surface area contributed by atoms with Crippen LogP contribution < -0.4 is 0 Å². The van der Waals surface area contributed by atoms with Gasteiger partial charge in [0.05, 0.1) is 40.9 Å². The van der Waals surface area contributed by atoms with Crippen molar-refractivity contribution in [3.63, 3.8) is 0 Å². The van der Waals surface area contributed by atoms with Crippen molar-refractivity contribution in [1.82, 2.24) is 14.3 Å². The molecule has 160 valence electrons. The van der Waals surface area contributed by atoms with Gasteiger partial charge in [-0.25, -0.2) is 9.78 Å². The first-order valence-electron chi connectivity index (χ1n) is 9.60. The highest BCUT2D eigenvalue weighted by Crippen LogP contribution is 2.48. The van der Waals surface area contributed by atoms with Gasteiger partial charge in [-0.3, -0.25) is 14.0 Å².